The highest BCUT2D eigenvalue weighted by Crippen LogP contribution is 2.22. The smallest absolute Gasteiger partial charge is 0.253 e. The maximum absolute atomic E-state index is 11.8. The van der Waals surface area contributed by atoms with Crippen LogP contribution in [0.3, 0.4) is 0 Å². The molecule has 0 fully saturated rings. The SMILES string of the molecule is CCC(O)(CC)CNC(=O)[C@H](O)c1ccccc1Cl. The van der Waals surface area contributed by atoms with E-state index in [1.807, 2.05) is 13.8 Å². The van der Waals surface area contributed by atoms with Crippen LogP contribution >= 0.6 is 11.6 Å². The molecule has 0 unspecified atom stereocenters. The fraction of sp³-hybridized carbons (Fsp3) is 0.500. The van der Waals surface area contributed by atoms with Crippen molar-refractivity contribution in [3.05, 3.63) is 34.9 Å². The molecule has 19 heavy (non-hydrogen) atoms. The minimum Gasteiger partial charge on any atom is -0.388 e. The molecule has 0 aliphatic rings. The van der Waals surface area contributed by atoms with Gasteiger partial charge in [0.2, 0.25) is 0 Å². The molecule has 1 aromatic rings. The van der Waals surface area contributed by atoms with E-state index in [2.05, 4.69) is 5.32 Å². The summed E-state index contributed by atoms with van der Waals surface area (Å²) in [6.45, 7) is 3.81. The first-order chi connectivity index (χ1) is 8.93. The predicted octanol–water partition coefficient (Wildman–Crippen LogP) is 2.04. The number of carbonyl (C=O) groups is 1. The van der Waals surface area contributed by atoms with Crippen LogP contribution in [0.2, 0.25) is 5.02 Å². The maximum atomic E-state index is 11.8. The third-order valence-electron chi connectivity index (χ3n) is 3.36. The number of carbonyl (C=O) groups excluding carboxylic acids is 1. The van der Waals surface area contributed by atoms with Crippen LogP contribution in [0, 0.1) is 0 Å². The van der Waals surface area contributed by atoms with Gasteiger partial charge in [0.05, 0.1) is 5.60 Å². The molecule has 0 aliphatic heterocycles. The summed E-state index contributed by atoms with van der Waals surface area (Å²) in [7, 11) is 0. The number of aliphatic hydroxyl groups is 2. The second-order valence-corrected chi connectivity index (χ2v) is 4.98. The first kappa shape index (κ1) is 16.0. The van der Waals surface area contributed by atoms with E-state index in [0.717, 1.165) is 0 Å². The zero-order chi connectivity index (χ0) is 14.5. The molecule has 1 amide bonds. The summed E-state index contributed by atoms with van der Waals surface area (Å²) in [5.74, 6) is -0.562. The first-order valence-corrected chi connectivity index (χ1v) is 6.74. The van der Waals surface area contributed by atoms with E-state index in [1.165, 1.54) is 0 Å². The van der Waals surface area contributed by atoms with Crippen molar-refractivity contribution in [3.63, 3.8) is 0 Å². The number of hydrogen-bond acceptors (Lipinski definition) is 3. The Hall–Kier alpha value is -1.10. The average Bonchev–Trinajstić information content (AvgIpc) is 2.44. The van der Waals surface area contributed by atoms with E-state index >= 15 is 0 Å². The van der Waals surface area contributed by atoms with Gasteiger partial charge in [-0.2, -0.15) is 0 Å². The van der Waals surface area contributed by atoms with Crippen LogP contribution in [0.25, 0.3) is 0 Å². The van der Waals surface area contributed by atoms with Gasteiger partial charge in [0.25, 0.3) is 5.91 Å². The Labute approximate surface area is 118 Å². The number of benzene rings is 1. The lowest BCUT2D eigenvalue weighted by Crippen LogP contribution is -2.43. The standard InChI is InChI=1S/C14H20ClNO3/c1-3-14(19,4-2)9-16-13(18)12(17)10-7-5-6-8-11(10)15/h5-8,12,17,19H,3-4,9H2,1-2H3,(H,16,18)/t12-/m1/s1. The van der Waals surface area contributed by atoms with Crippen molar-refractivity contribution in [2.75, 3.05) is 6.54 Å². The Kier molecular flexibility index (Phi) is 5.79. The number of rotatable bonds is 6. The van der Waals surface area contributed by atoms with Crippen molar-refractivity contribution >= 4 is 17.5 Å². The summed E-state index contributed by atoms with van der Waals surface area (Å²) in [5, 5.41) is 22.9. The molecule has 1 atom stereocenters. The van der Waals surface area contributed by atoms with E-state index in [4.69, 9.17) is 11.6 Å². The van der Waals surface area contributed by atoms with Crippen molar-refractivity contribution in [2.45, 2.75) is 38.4 Å². The minimum atomic E-state index is -1.33. The molecule has 5 heteroatoms. The zero-order valence-corrected chi connectivity index (χ0v) is 11.9. The normalized spacial score (nSPS) is 13.1. The predicted molar refractivity (Wildman–Crippen MR) is 75.0 cm³/mol. The zero-order valence-electron chi connectivity index (χ0n) is 11.2. The molecule has 1 aromatic carbocycles. The van der Waals surface area contributed by atoms with Crippen molar-refractivity contribution < 1.29 is 15.0 Å². The van der Waals surface area contributed by atoms with Gasteiger partial charge in [-0.1, -0.05) is 43.6 Å². The number of halogens is 1. The summed E-state index contributed by atoms with van der Waals surface area (Å²) in [5.41, 5.74) is -0.575. The molecule has 0 aliphatic carbocycles. The maximum Gasteiger partial charge on any atom is 0.253 e. The first-order valence-electron chi connectivity index (χ1n) is 6.36. The highest BCUT2D eigenvalue weighted by atomic mass is 35.5. The molecule has 0 aromatic heterocycles. The molecule has 106 valence electrons. The quantitative estimate of drug-likeness (QED) is 0.749. The Balaban J connectivity index is 2.67. The molecule has 0 spiro atoms. The molecule has 1 rings (SSSR count). The lowest BCUT2D eigenvalue weighted by atomic mass is 9.97. The molecular weight excluding hydrogens is 266 g/mol. The average molecular weight is 286 g/mol. The molecule has 3 N–H and O–H groups in total. The second kappa shape index (κ2) is 6.89. The molecule has 0 bridgehead atoms. The molecule has 0 saturated heterocycles. The van der Waals surface area contributed by atoms with Crippen LogP contribution < -0.4 is 5.32 Å². The van der Waals surface area contributed by atoms with E-state index in [9.17, 15) is 15.0 Å². The Morgan fingerprint density at radius 1 is 1.37 bits per heavy atom. The van der Waals surface area contributed by atoms with Crippen molar-refractivity contribution in [1.29, 1.82) is 0 Å². The van der Waals surface area contributed by atoms with E-state index in [0.29, 0.717) is 23.4 Å². The van der Waals surface area contributed by atoms with Crippen LogP contribution in [-0.4, -0.2) is 28.3 Å². The highest BCUT2D eigenvalue weighted by molar-refractivity contribution is 6.31. The van der Waals surface area contributed by atoms with Gasteiger partial charge in [-0.05, 0) is 18.9 Å². The second-order valence-electron chi connectivity index (χ2n) is 4.57. The molecule has 0 radical (unpaired) electrons. The van der Waals surface area contributed by atoms with E-state index in [1.54, 1.807) is 24.3 Å². The van der Waals surface area contributed by atoms with Crippen LogP contribution in [0.1, 0.15) is 38.4 Å². The Morgan fingerprint density at radius 3 is 2.47 bits per heavy atom. The molecular formula is C14H20ClNO3. The van der Waals surface area contributed by atoms with E-state index in [-0.39, 0.29) is 6.54 Å². The van der Waals surface area contributed by atoms with Gasteiger partial charge in [0.15, 0.2) is 6.10 Å². The van der Waals surface area contributed by atoms with Crippen LogP contribution in [0.4, 0.5) is 0 Å². The molecule has 0 heterocycles. The summed E-state index contributed by atoms with van der Waals surface area (Å²) < 4.78 is 0. The monoisotopic (exact) mass is 285 g/mol. The van der Waals surface area contributed by atoms with Crippen molar-refractivity contribution in [1.82, 2.24) is 5.32 Å². The van der Waals surface area contributed by atoms with Gasteiger partial charge in [-0.25, -0.2) is 0 Å². The van der Waals surface area contributed by atoms with Crippen LogP contribution in [0.15, 0.2) is 24.3 Å². The Bertz CT molecular complexity index is 432. The Morgan fingerprint density at radius 2 is 1.95 bits per heavy atom. The highest BCUT2D eigenvalue weighted by Gasteiger charge is 2.25. The van der Waals surface area contributed by atoms with Gasteiger partial charge >= 0.3 is 0 Å². The topological polar surface area (TPSA) is 69.6 Å². The largest absolute Gasteiger partial charge is 0.388 e. The third kappa shape index (κ3) is 4.20. The number of amides is 1. The van der Waals surface area contributed by atoms with Gasteiger partial charge in [0.1, 0.15) is 0 Å². The minimum absolute atomic E-state index is 0.111. The van der Waals surface area contributed by atoms with Crippen molar-refractivity contribution in [2.24, 2.45) is 0 Å². The van der Waals surface area contributed by atoms with Gasteiger partial charge in [-0.3, -0.25) is 4.79 Å². The van der Waals surface area contributed by atoms with Gasteiger partial charge in [-0.15, -0.1) is 0 Å². The lowest BCUT2D eigenvalue weighted by Gasteiger charge is -2.26. The summed E-state index contributed by atoms with van der Waals surface area (Å²) in [6.07, 6.45) is -0.260. The van der Waals surface area contributed by atoms with Crippen LogP contribution in [-0.2, 0) is 4.79 Å². The molecule has 0 saturated carbocycles. The number of nitrogens with one attached hydrogen (secondary N) is 1. The molecule has 4 nitrogen and oxygen atoms in total. The van der Waals surface area contributed by atoms with Crippen molar-refractivity contribution in [3.8, 4) is 0 Å². The summed E-state index contributed by atoms with van der Waals surface area (Å²) in [6, 6.07) is 6.63. The lowest BCUT2D eigenvalue weighted by molar-refractivity contribution is -0.131. The number of aliphatic hydroxyl groups excluding tert-OH is 1. The third-order valence-corrected chi connectivity index (χ3v) is 3.70. The van der Waals surface area contributed by atoms with Crippen LogP contribution in [0.5, 0.6) is 0 Å². The number of hydrogen-bond donors (Lipinski definition) is 3. The fourth-order valence-corrected chi connectivity index (χ4v) is 1.93. The van der Waals surface area contributed by atoms with Gasteiger partial charge < -0.3 is 15.5 Å². The van der Waals surface area contributed by atoms with Gasteiger partial charge in [0, 0.05) is 17.1 Å². The van der Waals surface area contributed by atoms with E-state index < -0.39 is 17.6 Å². The summed E-state index contributed by atoms with van der Waals surface area (Å²) >= 11 is 5.92. The summed E-state index contributed by atoms with van der Waals surface area (Å²) in [4.78, 5) is 11.8. The fourth-order valence-electron chi connectivity index (χ4n) is 1.69.